The van der Waals surface area contributed by atoms with Gasteiger partial charge < -0.3 is 4.57 Å². The molecule has 0 bridgehead atoms. The largest absolute Gasteiger partial charge is 0.334 e. The number of alkyl halides is 1. The van der Waals surface area contributed by atoms with Crippen molar-refractivity contribution in [3.63, 3.8) is 0 Å². The first-order chi connectivity index (χ1) is 8.66. The molecule has 1 aromatic heterocycles. The Labute approximate surface area is 124 Å². The van der Waals surface area contributed by atoms with Crippen LogP contribution in [0.5, 0.6) is 0 Å². The van der Waals surface area contributed by atoms with Gasteiger partial charge in [0, 0.05) is 30.7 Å². The van der Waals surface area contributed by atoms with Crippen molar-refractivity contribution in [2.75, 3.05) is 12.4 Å². The summed E-state index contributed by atoms with van der Waals surface area (Å²) in [6.07, 6.45) is 2.56. The van der Waals surface area contributed by atoms with Gasteiger partial charge in [0.25, 0.3) is 10.0 Å². The third kappa shape index (κ3) is 3.38. The molecule has 110 valence electrons. The molecule has 0 spiro atoms. The number of nitrogens with zero attached hydrogens (tertiary/aromatic N) is 3. The number of sulfonamides is 1. The first-order valence-corrected chi connectivity index (χ1v) is 8.81. The zero-order valence-corrected chi connectivity index (χ0v) is 14.5. The highest BCUT2D eigenvalue weighted by atomic mass is 79.9. The summed E-state index contributed by atoms with van der Waals surface area (Å²) in [5, 5.41) is 0.680. The van der Waals surface area contributed by atoms with E-state index in [1.165, 1.54) is 4.31 Å². The molecule has 0 unspecified atom stereocenters. The first kappa shape index (κ1) is 16.7. The average molecular weight is 352 g/mol. The van der Waals surface area contributed by atoms with Crippen LogP contribution in [-0.4, -0.2) is 40.2 Å². The molecule has 0 aliphatic rings. The highest BCUT2D eigenvalue weighted by molar-refractivity contribution is 9.09. The SMILES string of the molecule is CCCn1cc(S(=O)(=O)N(C)C(C)(C)CBr)nc1C. The molecule has 0 radical (unpaired) electrons. The van der Waals surface area contributed by atoms with Crippen LogP contribution in [0.15, 0.2) is 11.2 Å². The van der Waals surface area contributed by atoms with Gasteiger partial charge in [0.2, 0.25) is 0 Å². The van der Waals surface area contributed by atoms with E-state index in [4.69, 9.17) is 0 Å². The van der Waals surface area contributed by atoms with E-state index in [0.717, 1.165) is 18.8 Å². The van der Waals surface area contributed by atoms with Crippen LogP contribution in [0.3, 0.4) is 0 Å². The van der Waals surface area contributed by atoms with E-state index in [0.29, 0.717) is 5.33 Å². The first-order valence-electron chi connectivity index (χ1n) is 6.25. The number of rotatable bonds is 6. The van der Waals surface area contributed by atoms with Crippen molar-refractivity contribution in [3.05, 3.63) is 12.0 Å². The summed E-state index contributed by atoms with van der Waals surface area (Å²) in [5.41, 5.74) is -0.499. The van der Waals surface area contributed by atoms with Crippen molar-refractivity contribution in [2.24, 2.45) is 0 Å². The van der Waals surface area contributed by atoms with Crippen molar-refractivity contribution in [1.82, 2.24) is 13.9 Å². The molecule has 7 heteroatoms. The zero-order chi connectivity index (χ0) is 14.8. The third-order valence-electron chi connectivity index (χ3n) is 3.22. The molecule has 0 aromatic carbocycles. The lowest BCUT2D eigenvalue weighted by Gasteiger charge is -2.32. The van der Waals surface area contributed by atoms with E-state index in [-0.39, 0.29) is 5.03 Å². The molecule has 0 saturated heterocycles. The van der Waals surface area contributed by atoms with Crippen LogP contribution in [0.25, 0.3) is 0 Å². The molecule has 1 aromatic rings. The molecule has 0 N–H and O–H groups in total. The predicted molar refractivity (Wildman–Crippen MR) is 80.1 cm³/mol. The minimum Gasteiger partial charge on any atom is -0.334 e. The fourth-order valence-electron chi connectivity index (χ4n) is 1.62. The van der Waals surface area contributed by atoms with Gasteiger partial charge in [-0.2, -0.15) is 4.31 Å². The van der Waals surface area contributed by atoms with Gasteiger partial charge in [0.15, 0.2) is 5.03 Å². The van der Waals surface area contributed by atoms with Gasteiger partial charge in [-0.3, -0.25) is 0 Å². The van der Waals surface area contributed by atoms with Crippen molar-refractivity contribution < 1.29 is 8.42 Å². The molecule has 19 heavy (non-hydrogen) atoms. The van der Waals surface area contributed by atoms with Crippen molar-refractivity contribution >= 4 is 26.0 Å². The summed E-state index contributed by atoms with van der Waals surface area (Å²) < 4.78 is 28.3. The van der Waals surface area contributed by atoms with E-state index in [1.807, 2.05) is 32.3 Å². The van der Waals surface area contributed by atoms with Gasteiger partial charge in [0.05, 0.1) is 0 Å². The lowest BCUT2D eigenvalue weighted by molar-refractivity contribution is 0.298. The van der Waals surface area contributed by atoms with Crippen LogP contribution in [0.1, 0.15) is 33.0 Å². The molecule has 0 atom stereocenters. The summed E-state index contributed by atoms with van der Waals surface area (Å²) in [6, 6.07) is 0. The van der Waals surface area contributed by atoms with E-state index < -0.39 is 15.6 Å². The van der Waals surface area contributed by atoms with Gasteiger partial charge in [-0.15, -0.1) is 0 Å². The second-order valence-electron chi connectivity index (χ2n) is 5.24. The Hall–Kier alpha value is -0.400. The molecular formula is C12H22BrN3O2S. The van der Waals surface area contributed by atoms with E-state index in [2.05, 4.69) is 20.9 Å². The van der Waals surface area contributed by atoms with Gasteiger partial charge in [-0.1, -0.05) is 22.9 Å². The molecule has 1 rings (SSSR count). The fraction of sp³-hybridized carbons (Fsp3) is 0.750. The maximum absolute atomic E-state index is 12.5. The smallest absolute Gasteiger partial charge is 0.262 e. The van der Waals surface area contributed by atoms with Crippen molar-refractivity contribution in [1.29, 1.82) is 0 Å². The summed E-state index contributed by atoms with van der Waals surface area (Å²) in [5.74, 6) is 0.727. The number of aromatic nitrogens is 2. The number of hydrogen-bond acceptors (Lipinski definition) is 3. The van der Waals surface area contributed by atoms with Gasteiger partial charge in [-0.25, -0.2) is 13.4 Å². The highest BCUT2D eigenvalue weighted by Crippen LogP contribution is 2.24. The Morgan fingerprint density at radius 1 is 1.47 bits per heavy atom. The Morgan fingerprint density at radius 3 is 2.53 bits per heavy atom. The lowest BCUT2D eigenvalue weighted by Crippen LogP contribution is -2.46. The number of hydrogen-bond donors (Lipinski definition) is 0. The maximum atomic E-state index is 12.5. The Morgan fingerprint density at radius 2 is 2.05 bits per heavy atom. The van der Waals surface area contributed by atoms with Crippen molar-refractivity contribution in [2.45, 2.75) is 51.2 Å². The Bertz CT molecular complexity index is 537. The highest BCUT2D eigenvalue weighted by Gasteiger charge is 2.34. The number of aryl methyl sites for hydroxylation is 2. The van der Waals surface area contributed by atoms with Crippen LogP contribution < -0.4 is 0 Å². The quantitative estimate of drug-likeness (QED) is 0.739. The minimum atomic E-state index is -3.56. The minimum absolute atomic E-state index is 0.120. The van der Waals surface area contributed by atoms with Gasteiger partial charge >= 0.3 is 0 Å². The summed E-state index contributed by atoms with van der Waals surface area (Å²) in [6.45, 7) is 8.39. The van der Waals surface area contributed by atoms with E-state index in [9.17, 15) is 8.42 Å². The average Bonchev–Trinajstić information content (AvgIpc) is 2.71. The Balaban J connectivity index is 3.17. The van der Waals surface area contributed by atoms with E-state index >= 15 is 0 Å². The lowest BCUT2D eigenvalue weighted by atomic mass is 10.1. The molecule has 0 aliphatic heterocycles. The molecule has 0 saturated carbocycles. The summed E-state index contributed by atoms with van der Waals surface area (Å²) in [4.78, 5) is 4.19. The van der Waals surface area contributed by atoms with Gasteiger partial charge in [0.1, 0.15) is 5.82 Å². The summed E-state index contributed by atoms with van der Waals surface area (Å²) >= 11 is 3.35. The van der Waals surface area contributed by atoms with Crippen LogP contribution in [0.2, 0.25) is 0 Å². The fourth-order valence-corrected chi connectivity index (χ4v) is 3.67. The predicted octanol–water partition coefficient (Wildman–Crippen LogP) is 2.40. The summed E-state index contributed by atoms with van der Waals surface area (Å²) in [7, 11) is -1.97. The monoisotopic (exact) mass is 351 g/mol. The van der Waals surface area contributed by atoms with Crippen molar-refractivity contribution in [3.8, 4) is 0 Å². The third-order valence-corrected chi connectivity index (χ3v) is 6.54. The molecule has 5 nitrogen and oxygen atoms in total. The topological polar surface area (TPSA) is 55.2 Å². The molecule has 1 heterocycles. The van der Waals surface area contributed by atoms with Crippen LogP contribution in [0, 0.1) is 6.92 Å². The number of halogens is 1. The zero-order valence-electron chi connectivity index (χ0n) is 12.1. The van der Waals surface area contributed by atoms with E-state index in [1.54, 1.807) is 13.2 Å². The number of imidazole rings is 1. The second-order valence-corrected chi connectivity index (χ2v) is 7.72. The molecule has 0 aliphatic carbocycles. The maximum Gasteiger partial charge on any atom is 0.262 e. The standard InChI is InChI=1S/C12H22BrN3O2S/c1-6-7-16-8-11(14-10(16)2)19(17,18)15(5)12(3,4)9-13/h8H,6-7,9H2,1-5H3. The van der Waals surface area contributed by atoms with Gasteiger partial charge in [-0.05, 0) is 27.2 Å². The molecule has 0 amide bonds. The Kier molecular flexibility index (Phi) is 5.20. The second kappa shape index (κ2) is 5.93. The van der Waals surface area contributed by atoms with Crippen LogP contribution in [0.4, 0.5) is 0 Å². The molecule has 0 fully saturated rings. The molecular weight excluding hydrogens is 330 g/mol. The van der Waals surface area contributed by atoms with Crippen LogP contribution >= 0.6 is 15.9 Å². The normalized spacial score (nSPS) is 13.2. The van der Waals surface area contributed by atoms with Crippen LogP contribution in [-0.2, 0) is 16.6 Å².